The van der Waals surface area contributed by atoms with Crippen molar-refractivity contribution in [2.45, 2.75) is 27.2 Å². The molecule has 0 unspecified atom stereocenters. The van der Waals surface area contributed by atoms with E-state index in [2.05, 4.69) is 15.3 Å². The van der Waals surface area contributed by atoms with Crippen LogP contribution in [-0.2, 0) is 9.59 Å². The molecule has 5 heteroatoms. The minimum atomic E-state index is -0.0342. The van der Waals surface area contributed by atoms with Crippen molar-refractivity contribution in [1.82, 2.24) is 9.97 Å². The molecule has 0 saturated carbocycles. The van der Waals surface area contributed by atoms with Gasteiger partial charge >= 0.3 is 0 Å². The zero-order chi connectivity index (χ0) is 14.7. The van der Waals surface area contributed by atoms with Crippen LogP contribution >= 0.6 is 0 Å². The summed E-state index contributed by atoms with van der Waals surface area (Å²) in [4.78, 5) is 32.3. The summed E-state index contributed by atoms with van der Waals surface area (Å²) in [7, 11) is 0. The van der Waals surface area contributed by atoms with Gasteiger partial charge < -0.3 is 5.32 Å². The maximum Gasteiger partial charge on any atom is 0.222 e. The number of aromatic nitrogens is 2. The van der Waals surface area contributed by atoms with E-state index in [0.717, 1.165) is 0 Å². The SMILES string of the molecule is CC1=C(C)C(=O)C(CCNc2ncccn2)=C(C)C1=O. The molecule has 0 fully saturated rings. The van der Waals surface area contributed by atoms with E-state index in [9.17, 15) is 9.59 Å². The van der Waals surface area contributed by atoms with Crippen LogP contribution in [0.1, 0.15) is 27.2 Å². The number of ketones is 2. The van der Waals surface area contributed by atoms with E-state index < -0.39 is 0 Å². The van der Waals surface area contributed by atoms with Crippen molar-refractivity contribution in [1.29, 1.82) is 0 Å². The van der Waals surface area contributed by atoms with Gasteiger partial charge in [0.15, 0.2) is 11.6 Å². The molecule has 0 spiro atoms. The Balaban J connectivity index is 2.06. The zero-order valence-corrected chi connectivity index (χ0v) is 11.9. The summed E-state index contributed by atoms with van der Waals surface area (Å²) >= 11 is 0. The summed E-state index contributed by atoms with van der Waals surface area (Å²) in [5.74, 6) is 0.451. The van der Waals surface area contributed by atoms with Gasteiger partial charge in [-0.3, -0.25) is 9.59 Å². The highest BCUT2D eigenvalue weighted by atomic mass is 16.1. The third-order valence-corrected chi connectivity index (χ3v) is 3.53. The van der Waals surface area contributed by atoms with Gasteiger partial charge in [0.2, 0.25) is 5.95 Å². The number of carbonyl (C=O) groups is 2. The van der Waals surface area contributed by atoms with Crippen LogP contribution in [0.15, 0.2) is 40.8 Å². The van der Waals surface area contributed by atoms with Gasteiger partial charge in [-0.05, 0) is 33.3 Å². The Labute approximate surface area is 117 Å². The number of nitrogens with zero attached hydrogens (tertiary/aromatic N) is 2. The number of hydrogen-bond donors (Lipinski definition) is 1. The first-order chi connectivity index (χ1) is 9.52. The van der Waals surface area contributed by atoms with Crippen molar-refractivity contribution >= 4 is 17.5 Å². The van der Waals surface area contributed by atoms with Crippen LogP contribution in [-0.4, -0.2) is 28.1 Å². The van der Waals surface area contributed by atoms with Crippen LogP contribution in [0.5, 0.6) is 0 Å². The van der Waals surface area contributed by atoms with Gasteiger partial charge in [0, 0.05) is 41.2 Å². The molecular formula is C15H17N3O2. The number of nitrogens with one attached hydrogen (secondary N) is 1. The topological polar surface area (TPSA) is 72.0 Å². The normalized spacial score (nSPS) is 15.9. The Bertz CT molecular complexity index is 615. The lowest BCUT2D eigenvalue weighted by atomic mass is 9.84. The van der Waals surface area contributed by atoms with Crippen molar-refractivity contribution in [3.05, 3.63) is 40.8 Å². The van der Waals surface area contributed by atoms with Crippen LogP contribution < -0.4 is 5.32 Å². The molecule has 1 aliphatic rings. The second-order valence-corrected chi connectivity index (χ2v) is 4.76. The maximum absolute atomic E-state index is 12.2. The molecule has 1 N–H and O–H groups in total. The number of hydrogen-bond acceptors (Lipinski definition) is 5. The lowest BCUT2D eigenvalue weighted by Crippen LogP contribution is -2.22. The Kier molecular flexibility index (Phi) is 4.08. The molecule has 1 aromatic rings. The van der Waals surface area contributed by atoms with E-state index in [4.69, 9.17) is 0 Å². The largest absolute Gasteiger partial charge is 0.354 e. The molecule has 0 atom stereocenters. The Morgan fingerprint density at radius 1 is 0.950 bits per heavy atom. The minimum Gasteiger partial charge on any atom is -0.354 e. The summed E-state index contributed by atoms with van der Waals surface area (Å²) in [6, 6.07) is 1.73. The molecule has 5 nitrogen and oxygen atoms in total. The standard InChI is InChI=1S/C15H17N3O2/c1-9-10(2)14(20)12(11(3)13(9)19)5-8-18-15-16-6-4-7-17-15/h4,6-7H,5,8H2,1-3H3,(H,16,17,18). The highest BCUT2D eigenvalue weighted by Crippen LogP contribution is 2.25. The number of anilines is 1. The van der Waals surface area contributed by atoms with Crippen molar-refractivity contribution in [2.24, 2.45) is 0 Å². The Morgan fingerprint density at radius 3 is 2.20 bits per heavy atom. The summed E-state index contributed by atoms with van der Waals surface area (Å²) in [6.45, 7) is 5.63. The van der Waals surface area contributed by atoms with Crippen LogP contribution in [0, 0.1) is 0 Å². The molecule has 20 heavy (non-hydrogen) atoms. The number of rotatable bonds is 4. The van der Waals surface area contributed by atoms with Crippen molar-refractivity contribution in [3.8, 4) is 0 Å². The summed E-state index contributed by atoms with van der Waals surface area (Å²) in [6.07, 6.45) is 3.77. The average molecular weight is 271 g/mol. The molecule has 104 valence electrons. The molecule has 1 heterocycles. The molecule has 0 amide bonds. The van der Waals surface area contributed by atoms with Crippen LogP contribution in [0.4, 0.5) is 5.95 Å². The van der Waals surface area contributed by atoms with Gasteiger partial charge in [-0.2, -0.15) is 0 Å². The monoisotopic (exact) mass is 271 g/mol. The minimum absolute atomic E-state index is 0.0321. The van der Waals surface area contributed by atoms with Gasteiger partial charge in [-0.25, -0.2) is 9.97 Å². The van der Waals surface area contributed by atoms with Gasteiger partial charge in [0.25, 0.3) is 0 Å². The van der Waals surface area contributed by atoms with Crippen LogP contribution in [0.25, 0.3) is 0 Å². The number of Topliss-reactive ketones (excluding diaryl/α,β-unsaturated/α-hetero) is 2. The Morgan fingerprint density at radius 2 is 1.55 bits per heavy atom. The van der Waals surface area contributed by atoms with Gasteiger partial charge in [-0.15, -0.1) is 0 Å². The highest BCUT2D eigenvalue weighted by molar-refractivity contribution is 6.24. The fourth-order valence-corrected chi connectivity index (χ4v) is 2.15. The lowest BCUT2D eigenvalue weighted by molar-refractivity contribution is -0.116. The van der Waals surface area contributed by atoms with E-state index in [1.54, 1.807) is 39.2 Å². The fraction of sp³-hybridized carbons (Fsp3) is 0.333. The third-order valence-electron chi connectivity index (χ3n) is 3.53. The molecule has 0 bridgehead atoms. The molecule has 0 saturated heterocycles. The molecule has 0 aliphatic heterocycles. The second-order valence-electron chi connectivity index (χ2n) is 4.76. The zero-order valence-electron chi connectivity index (χ0n) is 11.9. The number of carbonyl (C=O) groups excluding carboxylic acids is 2. The van der Waals surface area contributed by atoms with E-state index in [-0.39, 0.29) is 11.6 Å². The third kappa shape index (κ3) is 2.66. The predicted molar refractivity (Wildman–Crippen MR) is 76.2 cm³/mol. The summed E-state index contributed by atoms with van der Waals surface area (Å²) in [5.41, 5.74) is 2.23. The fourth-order valence-electron chi connectivity index (χ4n) is 2.15. The smallest absolute Gasteiger partial charge is 0.222 e. The first kappa shape index (κ1) is 14.1. The van der Waals surface area contributed by atoms with Gasteiger partial charge in [0.1, 0.15) is 0 Å². The predicted octanol–water partition coefficient (Wildman–Crippen LogP) is 2.08. The molecule has 0 aromatic carbocycles. The van der Waals surface area contributed by atoms with Gasteiger partial charge in [0.05, 0.1) is 0 Å². The first-order valence-electron chi connectivity index (χ1n) is 6.50. The van der Waals surface area contributed by atoms with Crippen molar-refractivity contribution < 1.29 is 9.59 Å². The molecule has 0 radical (unpaired) electrons. The van der Waals surface area contributed by atoms with Crippen molar-refractivity contribution in [2.75, 3.05) is 11.9 Å². The van der Waals surface area contributed by atoms with Crippen LogP contribution in [0.3, 0.4) is 0 Å². The molecular weight excluding hydrogens is 254 g/mol. The van der Waals surface area contributed by atoms with E-state index in [0.29, 0.717) is 41.2 Å². The van der Waals surface area contributed by atoms with Crippen molar-refractivity contribution in [3.63, 3.8) is 0 Å². The van der Waals surface area contributed by atoms with Gasteiger partial charge in [-0.1, -0.05) is 0 Å². The molecule has 1 aliphatic carbocycles. The van der Waals surface area contributed by atoms with E-state index >= 15 is 0 Å². The summed E-state index contributed by atoms with van der Waals surface area (Å²) in [5, 5.41) is 3.04. The quantitative estimate of drug-likeness (QED) is 0.849. The van der Waals surface area contributed by atoms with Crippen LogP contribution in [0.2, 0.25) is 0 Å². The van der Waals surface area contributed by atoms with E-state index in [1.165, 1.54) is 0 Å². The highest BCUT2D eigenvalue weighted by Gasteiger charge is 2.27. The average Bonchev–Trinajstić information content (AvgIpc) is 2.48. The maximum atomic E-state index is 12.2. The first-order valence-corrected chi connectivity index (χ1v) is 6.50. The molecule has 1 aromatic heterocycles. The molecule has 2 rings (SSSR count). The number of allylic oxidation sites excluding steroid dienone is 3. The Hall–Kier alpha value is -2.30. The lowest BCUT2D eigenvalue weighted by Gasteiger charge is -2.18. The van der Waals surface area contributed by atoms with E-state index in [1.807, 2.05) is 0 Å². The second kappa shape index (κ2) is 5.77. The summed E-state index contributed by atoms with van der Waals surface area (Å²) < 4.78 is 0.